The van der Waals surface area contributed by atoms with Crippen LogP contribution in [-0.4, -0.2) is 14.6 Å². The van der Waals surface area contributed by atoms with Crippen LogP contribution in [0, 0.1) is 6.92 Å². The van der Waals surface area contributed by atoms with Crippen molar-refractivity contribution in [1.82, 2.24) is 4.72 Å². The Hall–Kier alpha value is -0.910. The predicted octanol–water partition coefficient (Wildman–Crippen LogP) is 0.578. The average Bonchev–Trinajstić information content (AvgIpc) is 2.02. The molecule has 14 heavy (non-hydrogen) atoms. The maximum absolute atomic E-state index is 11.7. The Kier molecular flexibility index (Phi) is 3.25. The number of benzene rings is 1. The van der Waals surface area contributed by atoms with Gasteiger partial charge < -0.3 is 5.73 Å². The van der Waals surface area contributed by atoms with Gasteiger partial charge in [-0.25, -0.2) is 8.42 Å². The van der Waals surface area contributed by atoms with Crippen molar-refractivity contribution in [3.8, 4) is 0 Å². The molecule has 0 heterocycles. The lowest BCUT2D eigenvalue weighted by atomic mass is 10.2. The van der Waals surface area contributed by atoms with Crippen LogP contribution in [0.25, 0.3) is 0 Å². The number of sulfonamides is 1. The zero-order valence-electron chi connectivity index (χ0n) is 8.19. The highest BCUT2D eigenvalue weighted by Gasteiger charge is 2.16. The molecule has 0 aliphatic carbocycles. The zero-order chi connectivity index (χ0) is 10.8. The monoisotopic (exact) mass is 214 g/mol. The van der Waals surface area contributed by atoms with Gasteiger partial charge in [0.2, 0.25) is 10.0 Å². The third-order valence-corrected chi connectivity index (χ3v) is 3.44. The SMILES string of the molecule is Cc1ccccc1S(=O)(=O)NC(C)N. The molecule has 0 saturated heterocycles. The van der Waals surface area contributed by atoms with Gasteiger partial charge in [0, 0.05) is 0 Å². The summed E-state index contributed by atoms with van der Waals surface area (Å²) in [5, 5.41) is 0. The molecule has 78 valence electrons. The van der Waals surface area contributed by atoms with Crippen molar-refractivity contribution in [1.29, 1.82) is 0 Å². The first-order chi connectivity index (χ1) is 6.43. The normalized spacial score (nSPS) is 13.9. The van der Waals surface area contributed by atoms with E-state index in [0.29, 0.717) is 5.56 Å². The fourth-order valence-electron chi connectivity index (χ4n) is 1.17. The van der Waals surface area contributed by atoms with E-state index in [1.54, 1.807) is 38.1 Å². The molecule has 1 rings (SSSR count). The molecule has 1 aromatic rings. The predicted molar refractivity (Wildman–Crippen MR) is 55.1 cm³/mol. The number of nitrogens with two attached hydrogens (primary N) is 1. The van der Waals surface area contributed by atoms with Crippen LogP contribution in [0.4, 0.5) is 0 Å². The first kappa shape index (κ1) is 11.2. The fraction of sp³-hybridized carbons (Fsp3) is 0.333. The largest absolute Gasteiger partial charge is 0.315 e. The number of nitrogens with one attached hydrogen (secondary N) is 1. The summed E-state index contributed by atoms with van der Waals surface area (Å²) in [5.41, 5.74) is 6.08. The molecule has 0 fully saturated rings. The molecule has 1 atom stereocenters. The van der Waals surface area contributed by atoms with Crippen molar-refractivity contribution in [2.75, 3.05) is 0 Å². The van der Waals surface area contributed by atoms with E-state index >= 15 is 0 Å². The van der Waals surface area contributed by atoms with E-state index in [4.69, 9.17) is 5.73 Å². The van der Waals surface area contributed by atoms with E-state index in [1.165, 1.54) is 0 Å². The van der Waals surface area contributed by atoms with Crippen molar-refractivity contribution >= 4 is 10.0 Å². The molecule has 0 saturated carbocycles. The summed E-state index contributed by atoms with van der Waals surface area (Å²) < 4.78 is 25.7. The number of hydrogen-bond acceptors (Lipinski definition) is 3. The van der Waals surface area contributed by atoms with Gasteiger partial charge in [-0.15, -0.1) is 0 Å². The van der Waals surface area contributed by atoms with Crippen molar-refractivity contribution < 1.29 is 8.42 Å². The lowest BCUT2D eigenvalue weighted by molar-refractivity contribution is 0.565. The maximum atomic E-state index is 11.7. The van der Waals surface area contributed by atoms with Crippen LogP contribution < -0.4 is 10.5 Å². The minimum absolute atomic E-state index is 0.275. The Bertz CT molecular complexity index is 413. The van der Waals surface area contributed by atoms with Gasteiger partial charge in [-0.3, -0.25) is 0 Å². The minimum atomic E-state index is -3.47. The Labute approximate surface area is 84.2 Å². The molecule has 0 aliphatic heterocycles. The lowest BCUT2D eigenvalue weighted by Gasteiger charge is -2.11. The third-order valence-electron chi connectivity index (χ3n) is 1.72. The summed E-state index contributed by atoms with van der Waals surface area (Å²) in [5.74, 6) is 0. The van der Waals surface area contributed by atoms with Crippen LogP contribution in [0.1, 0.15) is 12.5 Å². The number of rotatable bonds is 3. The van der Waals surface area contributed by atoms with E-state index < -0.39 is 16.2 Å². The van der Waals surface area contributed by atoms with Gasteiger partial charge in [-0.05, 0) is 25.5 Å². The smallest absolute Gasteiger partial charge is 0.242 e. The van der Waals surface area contributed by atoms with E-state index in [9.17, 15) is 8.42 Å². The molecular formula is C9H14N2O2S. The Morgan fingerprint density at radius 3 is 2.43 bits per heavy atom. The van der Waals surface area contributed by atoms with Crippen LogP contribution in [0.15, 0.2) is 29.2 Å². The van der Waals surface area contributed by atoms with Gasteiger partial charge in [-0.2, -0.15) is 4.72 Å². The van der Waals surface area contributed by atoms with Crippen LogP contribution in [-0.2, 0) is 10.0 Å². The molecule has 0 aromatic heterocycles. The summed E-state index contributed by atoms with van der Waals surface area (Å²) in [6, 6.07) is 6.78. The molecule has 1 aromatic carbocycles. The van der Waals surface area contributed by atoms with Crippen LogP contribution in [0.2, 0.25) is 0 Å². The molecule has 1 unspecified atom stereocenters. The first-order valence-corrected chi connectivity index (χ1v) is 5.75. The summed E-state index contributed by atoms with van der Waals surface area (Å²) in [7, 11) is -3.47. The average molecular weight is 214 g/mol. The molecule has 3 N–H and O–H groups in total. The first-order valence-electron chi connectivity index (χ1n) is 4.27. The third kappa shape index (κ3) is 2.54. The Morgan fingerprint density at radius 2 is 1.93 bits per heavy atom. The molecule has 0 spiro atoms. The Balaban J connectivity index is 3.11. The summed E-state index contributed by atoms with van der Waals surface area (Å²) in [4.78, 5) is 0.275. The molecule has 0 radical (unpaired) electrons. The molecular weight excluding hydrogens is 200 g/mol. The van der Waals surface area contributed by atoms with E-state index in [0.717, 1.165) is 0 Å². The summed E-state index contributed by atoms with van der Waals surface area (Å²) >= 11 is 0. The molecule has 5 heteroatoms. The van der Waals surface area contributed by atoms with Gasteiger partial charge in [-0.1, -0.05) is 18.2 Å². The van der Waals surface area contributed by atoms with Gasteiger partial charge in [0.15, 0.2) is 0 Å². The van der Waals surface area contributed by atoms with Crippen molar-refractivity contribution in [2.45, 2.75) is 24.9 Å². The second-order valence-corrected chi connectivity index (χ2v) is 4.86. The highest BCUT2D eigenvalue weighted by atomic mass is 32.2. The number of hydrogen-bond donors (Lipinski definition) is 2. The lowest BCUT2D eigenvalue weighted by Crippen LogP contribution is -2.39. The van der Waals surface area contributed by atoms with E-state index in [1.807, 2.05) is 0 Å². The molecule has 0 bridgehead atoms. The quantitative estimate of drug-likeness (QED) is 0.723. The van der Waals surface area contributed by atoms with Crippen LogP contribution >= 0.6 is 0 Å². The van der Waals surface area contributed by atoms with Crippen LogP contribution in [0.3, 0.4) is 0 Å². The van der Waals surface area contributed by atoms with E-state index in [2.05, 4.69) is 4.72 Å². The summed E-state index contributed by atoms with van der Waals surface area (Å²) in [6.45, 7) is 3.32. The second-order valence-electron chi connectivity index (χ2n) is 3.18. The zero-order valence-corrected chi connectivity index (χ0v) is 9.01. The topological polar surface area (TPSA) is 72.2 Å². The van der Waals surface area contributed by atoms with Crippen molar-refractivity contribution in [2.24, 2.45) is 5.73 Å². The van der Waals surface area contributed by atoms with Crippen molar-refractivity contribution in [3.05, 3.63) is 29.8 Å². The molecule has 0 aliphatic rings. The van der Waals surface area contributed by atoms with Crippen LogP contribution in [0.5, 0.6) is 0 Å². The maximum Gasteiger partial charge on any atom is 0.242 e. The highest BCUT2D eigenvalue weighted by Crippen LogP contribution is 2.13. The molecule has 4 nitrogen and oxygen atoms in total. The summed E-state index contributed by atoms with van der Waals surface area (Å²) in [6.07, 6.45) is -0.584. The highest BCUT2D eigenvalue weighted by molar-refractivity contribution is 7.89. The molecule has 0 amide bonds. The van der Waals surface area contributed by atoms with Gasteiger partial charge in [0.25, 0.3) is 0 Å². The van der Waals surface area contributed by atoms with Gasteiger partial charge in [0.05, 0.1) is 11.1 Å². The minimum Gasteiger partial charge on any atom is -0.315 e. The fourth-order valence-corrected chi connectivity index (χ4v) is 2.53. The Morgan fingerprint density at radius 1 is 1.36 bits per heavy atom. The number of aryl methyl sites for hydroxylation is 1. The standard InChI is InChI=1S/C9H14N2O2S/c1-7-5-3-4-6-9(7)14(12,13)11-8(2)10/h3-6,8,11H,10H2,1-2H3. The van der Waals surface area contributed by atoms with E-state index in [-0.39, 0.29) is 4.90 Å². The van der Waals surface area contributed by atoms with Gasteiger partial charge in [0.1, 0.15) is 0 Å². The second kappa shape index (κ2) is 4.08. The van der Waals surface area contributed by atoms with Crippen molar-refractivity contribution in [3.63, 3.8) is 0 Å². The van der Waals surface area contributed by atoms with Gasteiger partial charge >= 0.3 is 0 Å².